The number of carbonyl (C=O) groups is 1. The minimum atomic E-state index is -0.352. The van der Waals surface area contributed by atoms with E-state index in [1.807, 2.05) is 0 Å². The van der Waals surface area contributed by atoms with Crippen LogP contribution in [0.25, 0.3) is 6.08 Å². The van der Waals surface area contributed by atoms with Gasteiger partial charge in [0.05, 0.1) is 21.3 Å². The molecule has 0 saturated carbocycles. The molecule has 1 N–H and O–H groups in total. The van der Waals surface area contributed by atoms with Crippen LogP contribution in [0.15, 0.2) is 42.5 Å². The minimum Gasteiger partial charge on any atom is -0.493 e. The predicted octanol–water partition coefficient (Wildman–Crippen LogP) is 4.45. The van der Waals surface area contributed by atoms with Crippen LogP contribution in [0.4, 0.5) is 5.13 Å². The molecule has 10 heteroatoms. The summed E-state index contributed by atoms with van der Waals surface area (Å²) in [5.41, 5.74) is 0.707. The molecular weight excluding hydrogens is 442 g/mol. The van der Waals surface area contributed by atoms with E-state index in [0.717, 1.165) is 0 Å². The largest absolute Gasteiger partial charge is 0.493 e. The number of rotatable bonds is 9. The maximum absolute atomic E-state index is 12.2. The van der Waals surface area contributed by atoms with Gasteiger partial charge in [-0.2, -0.15) is 0 Å². The second-order valence-electron chi connectivity index (χ2n) is 6.02. The molecule has 0 fully saturated rings. The van der Waals surface area contributed by atoms with Gasteiger partial charge in [0.15, 0.2) is 16.5 Å². The first-order chi connectivity index (χ1) is 15.0. The third-order valence-corrected chi connectivity index (χ3v) is 5.05. The molecule has 1 amide bonds. The summed E-state index contributed by atoms with van der Waals surface area (Å²) in [5, 5.41) is 12.3. The molecule has 8 nitrogen and oxygen atoms in total. The van der Waals surface area contributed by atoms with Crippen LogP contribution in [0.1, 0.15) is 10.6 Å². The molecule has 0 aliphatic rings. The Kier molecular flexibility index (Phi) is 7.69. The monoisotopic (exact) mass is 461 g/mol. The van der Waals surface area contributed by atoms with Crippen molar-refractivity contribution < 1.29 is 23.7 Å². The number of ether oxygens (including phenoxy) is 4. The molecule has 2 aromatic carbocycles. The van der Waals surface area contributed by atoms with Gasteiger partial charge in [-0.15, -0.1) is 10.2 Å². The Bertz CT molecular complexity index is 1040. The highest BCUT2D eigenvalue weighted by atomic mass is 35.5. The van der Waals surface area contributed by atoms with E-state index in [-0.39, 0.29) is 12.5 Å². The topological polar surface area (TPSA) is 91.8 Å². The highest BCUT2D eigenvalue weighted by Gasteiger charge is 2.12. The fourth-order valence-electron chi connectivity index (χ4n) is 2.55. The standard InChI is InChI=1S/C21H20ClN3O5S/c1-27-16-10-13(11-17(28-2)20(16)29-3)4-9-18(26)23-21-25-24-19(31-21)12-30-15-7-5-14(22)6-8-15/h4-11H,12H2,1-3H3,(H,23,25,26)/b9-4+. The minimum absolute atomic E-state index is 0.233. The quantitative estimate of drug-likeness (QED) is 0.470. The van der Waals surface area contributed by atoms with Gasteiger partial charge in [-0.1, -0.05) is 22.9 Å². The lowest BCUT2D eigenvalue weighted by Gasteiger charge is -2.12. The summed E-state index contributed by atoms with van der Waals surface area (Å²) < 4.78 is 21.5. The second-order valence-corrected chi connectivity index (χ2v) is 7.52. The van der Waals surface area contributed by atoms with E-state index >= 15 is 0 Å². The summed E-state index contributed by atoms with van der Waals surface area (Å²) in [5.74, 6) is 1.79. The van der Waals surface area contributed by atoms with Gasteiger partial charge >= 0.3 is 0 Å². The molecule has 0 radical (unpaired) electrons. The van der Waals surface area contributed by atoms with Gasteiger partial charge in [0, 0.05) is 11.1 Å². The number of methoxy groups -OCH3 is 3. The summed E-state index contributed by atoms with van der Waals surface area (Å²) >= 11 is 7.08. The molecular formula is C21H20ClN3O5S. The Labute approximate surface area is 188 Å². The lowest BCUT2D eigenvalue weighted by atomic mass is 10.1. The van der Waals surface area contributed by atoms with Gasteiger partial charge < -0.3 is 18.9 Å². The van der Waals surface area contributed by atoms with Crippen LogP contribution < -0.4 is 24.3 Å². The van der Waals surface area contributed by atoms with Crippen LogP contribution in [0.3, 0.4) is 0 Å². The van der Waals surface area contributed by atoms with Crippen LogP contribution in [0.2, 0.25) is 5.02 Å². The van der Waals surface area contributed by atoms with Crippen LogP contribution in [0.5, 0.6) is 23.0 Å². The molecule has 0 saturated heterocycles. The number of aromatic nitrogens is 2. The smallest absolute Gasteiger partial charge is 0.250 e. The molecule has 0 unspecified atom stereocenters. The second kappa shape index (κ2) is 10.6. The van der Waals surface area contributed by atoms with Crippen LogP contribution in [0, 0.1) is 0 Å². The Morgan fingerprint density at radius 2 is 1.74 bits per heavy atom. The lowest BCUT2D eigenvalue weighted by molar-refractivity contribution is -0.111. The molecule has 1 heterocycles. The zero-order chi connectivity index (χ0) is 22.2. The van der Waals surface area contributed by atoms with Crippen molar-refractivity contribution in [2.75, 3.05) is 26.6 Å². The van der Waals surface area contributed by atoms with Crippen molar-refractivity contribution in [2.45, 2.75) is 6.61 Å². The number of hydrogen-bond donors (Lipinski definition) is 1. The van der Waals surface area contributed by atoms with Crippen molar-refractivity contribution in [1.29, 1.82) is 0 Å². The van der Waals surface area contributed by atoms with Crippen molar-refractivity contribution in [3.8, 4) is 23.0 Å². The van der Waals surface area contributed by atoms with E-state index < -0.39 is 0 Å². The van der Waals surface area contributed by atoms with Crippen molar-refractivity contribution in [2.24, 2.45) is 0 Å². The average Bonchev–Trinajstić information content (AvgIpc) is 3.23. The zero-order valence-electron chi connectivity index (χ0n) is 17.0. The fourth-order valence-corrected chi connectivity index (χ4v) is 3.34. The number of carbonyl (C=O) groups excluding carboxylic acids is 1. The molecule has 0 aliphatic heterocycles. The van der Waals surface area contributed by atoms with Gasteiger partial charge in [0.25, 0.3) is 0 Å². The van der Waals surface area contributed by atoms with Crippen molar-refractivity contribution in [3.63, 3.8) is 0 Å². The van der Waals surface area contributed by atoms with E-state index in [1.165, 1.54) is 38.7 Å². The molecule has 31 heavy (non-hydrogen) atoms. The first-order valence-electron chi connectivity index (χ1n) is 9.02. The summed E-state index contributed by atoms with van der Waals surface area (Å²) in [6.45, 7) is 0.233. The molecule has 162 valence electrons. The van der Waals surface area contributed by atoms with E-state index in [0.29, 0.717) is 43.7 Å². The van der Waals surface area contributed by atoms with Crippen LogP contribution in [-0.4, -0.2) is 37.4 Å². The van der Waals surface area contributed by atoms with Crippen LogP contribution >= 0.6 is 22.9 Å². The molecule has 3 aromatic rings. The number of anilines is 1. The molecule has 0 aliphatic carbocycles. The molecule has 3 rings (SSSR count). The van der Waals surface area contributed by atoms with Gasteiger partial charge in [-0.3, -0.25) is 10.1 Å². The Morgan fingerprint density at radius 1 is 1.06 bits per heavy atom. The summed E-state index contributed by atoms with van der Waals surface area (Å²) in [6, 6.07) is 10.5. The van der Waals surface area contributed by atoms with E-state index in [4.69, 9.17) is 30.5 Å². The summed E-state index contributed by atoms with van der Waals surface area (Å²) in [6.07, 6.45) is 3.01. The van der Waals surface area contributed by atoms with Crippen molar-refractivity contribution in [1.82, 2.24) is 10.2 Å². The van der Waals surface area contributed by atoms with Crippen molar-refractivity contribution >= 4 is 40.1 Å². The van der Waals surface area contributed by atoms with Gasteiger partial charge in [0.2, 0.25) is 16.8 Å². The molecule has 0 bridgehead atoms. The van der Waals surface area contributed by atoms with Crippen LogP contribution in [-0.2, 0) is 11.4 Å². The van der Waals surface area contributed by atoms with Gasteiger partial charge in [-0.25, -0.2) is 0 Å². The Hall–Kier alpha value is -3.30. The van der Waals surface area contributed by atoms with E-state index in [1.54, 1.807) is 42.5 Å². The van der Waals surface area contributed by atoms with E-state index in [9.17, 15) is 4.79 Å². The molecule has 0 atom stereocenters. The average molecular weight is 462 g/mol. The number of hydrogen-bond acceptors (Lipinski definition) is 8. The molecule has 0 spiro atoms. The number of amides is 1. The Morgan fingerprint density at radius 3 is 2.35 bits per heavy atom. The fraction of sp³-hybridized carbons (Fsp3) is 0.190. The maximum atomic E-state index is 12.2. The zero-order valence-corrected chi connectivity index (χ0v) is 18.6. The highest BCUT2D eigenvalue weighted by Crippen LogP contribution is 2.38. The van der Waals surface area contributed by atoms with Gasteiger partial charge in [0.1, 0.15) is 12.4 Å². The highest BCUT2D eigenvalue weighted by molar-refractivity contribution is 7.15. The first kappa shape index (κ1) is 22.4. The summed E-state index contributed by atoms with van der Waals surface area (Å²) in [4.78, 5) is 12.2. The lowest BCUT2D eigenvalue weighted by Crippen LogP contribution is -2.07. The third kappa shape index (κ3) is 6.09. The predicted molar refractivity (Wildman–Crippen MR) is 119 cm³/mol. The van der Waals surface area contributed by atoms with E-state index in [2.05, 4.69) is 15.5 Å². The Balaban J connectivity index is 1.59. The number of benzene rings is 2. The van der Waals surface area contributed by atoms with Crippen molar-refractivity contribution in [3.05, 3.63) is 58.1 Å². The number of nitrogens with zero attached hydrogens (tertiary/aromatic N) is 2. The summed E-state index contributed by atoms with van der Waals surface area (Å²) in [7, 11) is 4.59. The number of nitrogens with one attached hydrogen (secondary N) is 1. The van der Waals surface area contributed by atoms with Gasteiger partial charge in [-0.05, 0) is 48.0 Å². The number of halogens is 1. The maximum Gasteiger partial charge on any atom is 0.250 e. The SMILES string of the molecule is COc1cc(/C=C/C(=O)Nc2nnc(COc3ccc(Cl)cc3)s2)cc(OC)c1OC. The molecule has 1 aromatic heterocycles. The third-order valence-electron chi connectivity index (χ3n) is 3.99. The first-order valence-corrected chi connectivity index (χ1v) is 10.2. The normalized spacial score (nSPS) is 10.7.